The molecule has 0 unspecified atom stereocenters. The highest BCUT2D eigenvalue weighted by molar-refractivity contribution is 6.30. The van der Waals surface area contributed by atoms with Crippen LogP contribution in [-0.2, 0) is 11.3 Å². The zero-order valence-electron chi connectivity index (χ0n) is 9.16. The van der Waals surface area contributed by atoms with Crippen LogP contribution < -0.4 is 5.73 Å². The van der Waals surface area contributed by atoms with Gasteiger partial charge in [-0.25, -0.2) is 0 Å². The Morgan fingerprint density at radius 3 is 2.80 bits per heavy atom. The highest BCUT2D eigenvalue weighted by atomic mass is 35.5. The molecular formula is C11H17ClN2O. The second kappa shape index (κ2) is 5.95. The van der Waals surface area contributed by atoms with Crippen molar-refractivity contribution in [3.8, 4) is 0 Å². The molecule has 0 saturated heterocycles. The van der Waals surface area contributed by atoms with E-state index in [0.29, 0.717) is 5.02 Å². The third-order valence-electron chi connectivity index (χ3n) is 2.23. The van der Waals surface area contributed by atoms with E-state index in [2.05, 4.69) is 4.90 Å². The fourth-order valence-corrected chi connectivity index (χ4v) is 1.51. The van der Waals surface area contributed by atoms with Gasteiger partial charge >= 0.3 is 0 Å². The third-order valence-corrected chi connectivity index (χ3v) is 2.46. The summed E-state index contributed by atoms with van der Waals surface area (Å²) in [6.45, 7) is 2.43. The summed E-state index contributed by atoms with van der Waals surface area (Å²) in [7, 11) is 3.73. The van der Waals surface area contributed by atoms with Crippen LogP contribution in [0.4, 0.5) is 5.69 Å². The number of hydrogen-bond donors (Lipinski definition) is 1. The lowest BCUT2D eigenvalue weighted by Crippen LogP contribution is -2.22. The number of methoxy groups -OCH3 is 1. The van der Waals surface area contributed by atoms with Gasteiger partial charge in [0, 0.05) is 30.9 Å². The van der Waals surface area contributed by atoms with Gasteiger partial charge in [0.1, 0.15) is 0 Å². The first kappa shape index (κ1) is 12.3. The number of nitrogens with zero attached hydrogens (tertiary/aromatic N) is 1. The molecule has 84 valence electrons. The molecule has 0 aliphatic heterocycles. The van der Waals surface area contributed by atoms with Gasteiger partial charge in [-0.3, -0.25) is 4.90 Å². The Hall–Kier alpha value is -0.770. The highest BCUT2D eigenvalue weighted by Gasteiger charge is 2.03. The summed E-state index contributed by atoms with van der Waals surface area (Å²) < 4.78 is 5.01. The van der Waals surface area contributed by atoms with Gasteiger partial charge in [0.25, 0.3) is 0 Å². The smallest absolute Gasteiger partial charge is 0.0589 e. The van der Waals surface area contributed by atoms with Crippen molar-refractivity contribution in [1.82, 2.24) is 4.90 Å². The van der Waals surface area contributed by atoms with Gasteiger partial charge in [0.15, 0.2) is 0 Å². The Bertz CT molecular complexity index is 317. The summed E-state index contributed by atoms with van der Waals surface area (Å²) in [5.41, 5.74) is 7.69. The van der Waals surface area contributed by atoms with Crippen molar-refractivity contribution in [2.45, 2.75) is 6.54 Å². The molecule has 0 aliphatic rings. The largest absolute Gasteiger partial charge is 0.398 e. The van der Waals surface area contributed by atoms with Gasteiger partial charge in [-0.1, -0.05) is 17.7 Å². The maximum Gasteiger partial charge on any atom is 0.0589 e. The summed E-state index contributed by atoms with van der Waals surface area (Å²) in [4.78, 5) is 2.16. The molecule has 0 atom stereocenters. The van der Waals surface area contributed by atoms with E-state index in [9.17, 15) is 0 Å². The minimum Gasteiger partial charge on any atom is -0.398 e. The third kappa shape index (κ3) is 4.08. The Morgan fingerprint density at radius 1 is 1.47 bits per heavy atom. The number of ether oxygens (including phenoxy) is 1. The minimum absolute atomic E-state index is 0.677. The monoisotopic (exact) mass is 228 g/mol. The Labute approximate surface area is 95.8 Å². The predicted octanol–water partition coefficient (Wildman–Crippen LogP) is 2.00. The van der Waals surface area contributed by atoms with Crippen LogP contribution in [0.25, 0.3) is 0 Å². The molecule has 0 heterocycles. The molecule has 0 spiro atoms. The van der Waals surface area contributed by atoms with Gasteiger partial charge in [0.2, 0.25) is 0 Å². The highest BCUT2D eigenvalue weighted by Crippen LogP contribution is 2.18. The van der Waals surface area contributed by atoms with Gasteiger partial charge in [0.05, 0.1) is 6.61 Å². The average molecular weight is 229 g/mol. The summed E-state index contributed by atoms with van der Waals surface area (Å²) in [6, 6.07) is 5.60. The van der Waals surface area contributed by atoms with Crippen LogP contribution in [0.5, 0.6) is 0 Å². The zero-order valence-corrected chi connectivity index (χ0v) is 9.92. The fraction of sp³-hybridized carbons (Fsp3) is 0.455. The molecule has 0 aliphatic carbocycles. The quantitative estimate of drug-likeness (QED) is 0.784. The first-order chi connectivity index (χ1) is 7.13. The van der Waals surface area contributed by atoms with E-state index in [0.717, 1.165) is 30.9 Å². The second-order valence-corrected chi connectivity index (χ2v) is 4.01. The molecule has 1 aromatic rings. The maximum atomic E-state index is 5.86. The van der Waals surface area contributed by atoms with Gasteiger partial charge in [-0.05, 0) is 24.7 Å². The van der Waals surface area contributed by atoms with Crippen molar-refractivity contribution in [1.29, 1.82) is 0 Å². The summed E-state index contributed by atoms with van der Waals surface area (Å²) in [5.74, 6) is 0. The lowest BCUT2D eigenvalue weighted by Gasteiger charge is -2.17. The average Bonchev–Trinajstić information content (AvgIpc) is 2.19. The van der Waals surface area contributed by atoms with E-state index in [1.54, 1.807) is 13.2 Å². The number of benzene rings is 1. The molecule has 0 amide bonds. The van der Waals surface area contributed by atoms with Gasteiger partial charge in [-0.2, -0.15) is 0 Å². The van der Waals surface area contributed by atoms with Crippen molar-refractivity contribution < 1.29 is 4.74 Å². The van der Waals surface area contributed by atoms with Crippen LogP contribution in [-0.4, -0.2) is 32.2 Å². The van der Waals surface area contributed by atoms with E-state index in [1.165, 1.54) is 0 Å². The molecule has 2 N–H and O–H groups in total. The van der Waals surface area contributed by atoms with Gasteiger partial charge < -0.3 is 10.5 Å². The standard InChI is InChI=1S/C11H17ClN2O/c1-14(5-6-15-2)8-9-3-4-10(12)7-11(9)13/h3-4,7H,5-6,8,13H2,1-2H3. The lowest BCUT2D eigenvalue weighted by molar-refractivity contribution is 0.159. The number of likely N-dealkylation sites (N-methyl/N-ethyl adjacent to an activating group) is 1. The number of nitrogen functional groups attached to an aromatic ring is 1. The van der Waals surface area contributed by atoms with Crippen molar-refractivity contribution in [3.63, 3.8) is 0 Å². The van der Waals surface area contributed by atoms with Crippen LogP contribution >= 0.6 is 11.6 Å². The number of rotatable bonds is 5. The molecular weight excluding hydrogens is 212 g/mol. The van der Waals surface area contributed by atoms with E-state index in [1.807, 2.05) is 19.2 Å². The maximum absolute atomic E-state index is 5.86. The van der Waals surface area contributed by atoms with Crippen molar-refractivity contribution >= 4 is 17.3 Å². The number of nitrogens with two attached hydrogens (primary N) is 1. The SMILES string of the molecule is COCCN(C)Cc1ccc(Cl)cc1N. The topological polar surface area (TPSA) is 38.5 Å². The van der Waals surface area contributed by atoms with E-state index in [-0.39, 0.29) is 0 Å². The molecule has 0 saturated carbocycles. The van der Waals surface area contributed by atoms with Crippen molar-refractivity contribution in [3.05, 3.63) is 28.8 Å². The zero-order chi connectivity index (χ0) is 11.3. The number of hydrogen-bond acceptors (Lipinski definition) is 3. The molecule has 0 bridgehead atoms. The Morgan fingerprint density at radius 2 is 2.20 bits per heavy atom. The Balaban J connectivity index is 2.56. The first-order valence-electron chi connectivity index (χ1n) is 4.85. The van der Waals surface area contributed by atoms with Crippen LogP contribution in [0.15, 0.2) is 18.2 Å². The fourth-order valence-electron chi connectivity index (χ4n) is 1.33. The van der Waals surface area contributed by atoms with Crippen LogP contribution in [0.2, 0.25) is 5.02 Å². The van der Waals surface area contributed by atoms with Crippen LogP contribution in [0.1, 0.15) is 5.56 Å². The number of anilines is 1. The van der Waals surface area contributed by atoms with Crippen LogP contribution in [0, 0.1) is 0 Å². The summed E-state index contributed by atoms with van der Waals surface area (Å²) in [5, 5.41) is 0.677. The molecule has 0 aromatic heterocycles. The van der Waals surface area contributed by atoms with Gasteiger partial charge in [-0.15, -0.1) is 0 Å². The van der Waals surface area contributed by atoms with Crippen LogP contribution in [0.3, 0.4) is 0 Å². The molecule has 1 aromatic carbocycles. The summed E-state index contributed by atoms with van der Waals surface area (Å²) >= 11 is 5.82. The van der Waals surface area contributed by atoms with Crippen molar-refractivity contribution in [2.24, 2.45) is 0 Å². The molecule has 1 rings (SSSR count). The lowest BCUT2D eigenvalue weighted by atomic mass is 10.2. The molecule has 15 heavy (non-hydrogen) atoms. The summed E-state index contributed by atoms with van der Waals surface area (Å²) in [6.07, 6.45) is 0. The minimum atomic E-state index is 0.677. The van der Waals surface area contributed by atoms with Crippen molar-refractivity contribution in [2.75, 3.05) is 33.0 Å². The molecule has 3 nitrogen and oxygen atoms in total. The van der Waals surface area contributed by atoms with E-state index < -0.39 is 0 Å². The predicted molar refractivity (Wildman–Crippen MR) is 64.1 cm³/mol. The normalized spacial score (nSPS) is 10.9. The first-order valence-corrected chi connectivity index (χ1v) is 5.22. The number of halogens is 1. The Kier molecular flexibility index (Phi) is 4.88. The molecule has 0 fully saturated rings. The second-order valence-electron chi connectivity index (χ2n) is 3.57. The molecule has 0 radical (unpaired) electrons. The van der Waals surface area contributed by atoms with E-state index >= 15 is 0 Å². The molecule has 4 heteroatoms. The van der Waals surface area contributed by atoms with E-state index in [4.69, 9.17) is 22.1 Å².